The molecule has 1 unspecified atom stereocenters. The van der Waals surface area contributed by atoms with Gasteiger partial charge in [0.1, 0.15) is 11.6 Å². The lowest BCUT2D eigenvalue weighted by atomic mass is 9.93. The smallest absolute Gasteiger partial charge is 0.228 e. The molecule has 0 saturated heterocycles. The lowest BCUT2D eigenvalue weighted by molar-refractivity contribution is -0.122. The molecular weight excluding hydrogens is 295 g/mol. The number of hydrogen-bond acceptors (Lipinski definition) is 3. The molecule has 1 heterocycles. The van der Waals surface area contributed by atoms with Gasteiger partial charge < -0.3 is 14.6 Å². The first-order valence-electron chi connectivity index (χ1n) is 7.76. The van der Waals surface area contributed by atoms with Crippen molar-refractivity contribution in [1.29, 1.82) is 0 Å². The first-order valence-corrected chi connectivity index (χ1v) is 7.76. The van der Waals surface area contributed by atoms with Gasteiger partial charge in [0, 0.05) is 13.0 Å². The fourth-order valence-electron chi connectivity index (χ4n) is 2.42. The topological polar surface area (TPSA) is 45.5 Å². The Morgan fingerprint density at radius 2 is 2.00 bits per heavy atom. The minimum atomic E-state index is -0.388. The van der Waals surface area contributed by atoms with Gasteiger partial charge in [0.05, 0.1) is 12.2 Å². The van der Waals surface area contributed by atoms with Gasteiger partial charge in [-0.1, -0.05) is 12.1 Å². The molecule has 0 fully saturated rings. The molecular formula is C18H23FN2O2. The second-order valence-electron chi connectivity index (χ2n) is 5.84. The van der Waals surface area contributed by atoms with Crippen LogP contribution in [0.5, 0.6) is 0 Å². The molecule has 0 aliphatic heterocycles. The Morgan fingerprint density at radius 1 is 1.26 bits per heavy atom. The van der Waals surface area contributed by atoms with Crippen molar-refractivity contribution in [2.45, 2.75) is 18.8 Å². The molecule has 1 aromatic heterocycles. The Balaban J connectivity index is 2.03. The van der Waals surface area contributed by atoms with Crippen LogP contribution in [0, 0.1) is 5.82 Å². The van der Waals surface area contributed by atoms with E-state index in [1.165, 1.54) is 12.1 Å². The highest BCUT2D eigenvalue weighted by Gasteiger charge is 2.22. The summed E-state index contributed by atoms with van der Waals surface area (Å²) in [5, 5.41) is 2.96. The average Bonchev–Trinajstić information content (AvgIpc) is 3.03. The predicted octanol–water partition coefficient (Wildman–Crippen LogP) is 2.81. The van der Waals surface area contributed by atoms with Crippen molar-refractivity contribution in [1.82, 2.24) is 10.2 Å². The van der Waals surface area contributed by atoms with Crippen molar-refractivity contribution in [3.8, 4) is 0 Å². The number of nitrogens with zero attached hydrogens (tertiary/aromatic N) is 1. The van der Waals surface area contributed by atoms with Crippen LogP contribution in [0.3, 0.4) is 0 Å². The third-order valence-electron chi connectivity index (χ3n) is 3.66. The van der Waals surface area contributed by atoms with Crippen LogP contribution in [0.15, 0.2) is 47.1 Å². The maximum absolute atomic E-state index is 13.1. The van der Waals surface area contributed by atoms with E-state index >= 15 is 0 Å². The fraction of sp³-hybridized carbons (Fsp3) is 0.389. The third-order valence-corrected chi connectivity index (χ3v) is 3.66. The van der Waals surface area contributed by atoms with E-state index in [9.17, 15) is 9.18 Å². The van der Waals surface area contributed by atoms with E-state index in [4.69, 9.17) is 4.42 Å². The van der Waals surface area contributed by atoms with Crippen molar-refractivity contribution >= 4 is 5.91 Å². The highest BCUT2D eigenvalue weighted by atomic mass is 19.1. The molecule has 2 aromatic rings. The fourth-order valence-corrected chi connectivity index (χ4v) is 2.42. The number of rotatable bonds is 8. The Hall–Kier alpha value is -2.14. The van der Waals surface area contributed by atoms with Gasteiger partial charge in [-0.3, -0.25) is 4.79 Å². The number of carbonyl (C=O) groups excluding carboxylic acids is 1. The minimum Gasteiger partial charge on any atom is -0.469 e. The Morgan fingerprint density at radius 3 is 2.61 bits per heavy atom. The van der Waals surface area contributed by atoms with E-state index in [0.717, 1.165) is 24.3 Å². The number of halogens is 1. The van der Waals surface area contributed by atoms with Crippen molar-refractivity contribution < 1.29 is 13.6 Å². The lowest BCUT2D eigenvalue weighted by Gasteiger charge is -2.17. The van der Waals surface area contributed by atoms with Crippen LogP contribution in [-0.4, -0.2) is 38.0 Å². The summed E-state index contributed by atoms with van der Waals surface area (Å²) in [6, 6.07) is 9.71. The Bertz CT molecular complexity index is 594. The largest absolute Gasteiger partial charge is 0.469 e. The normalized spacial score (nSPS) is 12.3. The molecule has 1 amide bonds. The molecule has 0 bridgehead atoms. The van der Waals surface area contributed by atoms with Crippen molar-refractivity contribution in [2.75, 3.05) is 27.2 Å². The van der Waals surface area contributed by atoms with Gasteiger partial charge in [0.15, 0.2) is 0 Å². The van der Waals surface area contributed by atoms with Crippen molar-refractivity contribution in [3.05, 3.63) is 59.8 Å². The van der Waals surface area contributed by atoms with Gasteiger partial charge in [0.2, 0.25) is 5.91 Å². The third kappa shape index (κ3) is 5.53. The number of amides is 1. The summed E-state index contributed by atoms with van der Waals surface area (Å²) < 4.78 is 18.5. The summed E-state index contributed by atoms with van der Waals surface area (Å²) in [4.78, 5) is 14.6. The highest BCUT2D eigenvalue weighted by Crippen LogP contribution is 2.22. The van der Waals surface area contributed by atoms with Gasteiger partial charge >= 0.3 is 0 Å². The first kappa shape index (κ1) is 17.2. The van der Waals surface area contributed by atoms with Gasteiger partial charge in [0.25, 0.3) is 0 Å². The summed E-state index contributed by atoms with van der Waals surface area (Å²) >= 11 is 0. The van der Waals surface area contributed by atoms with Crippen LogP contribution in [0.4, 0.5) is 4.39 Å². The van der Waals surface area contributed by atoms with Gasteiger partial charge in [-0.2, -0.15) is 0 Å². The van der Waals surface area contributed by atoms with E-state index in [1.807, 2.05) is 20.2 Å². The molecule has 0 aliphatic carbocycles. The summed E-state index contributed by atoms with van der Waals surface area (Å²) in [7, 11) is 4.00. The van der Waals surface area contributed by atoms with Crippen LogP contribution >= 0.6 is 0 Å². The van der Waals surface area contributed by atoms with Crippen LogP contribution in [0.1, 0.15) is 23.7 Å². The summed E-state index contributed by atoms with van der Waals surface area (Å²) in [6.45, 7) is 1.53. The van der Waals surface area contributed by atoms with Gasteiger partial charge in [-0.25, -0.2) is 4.39 Å². The molecule has 0 spiro atoms. The zero-order valence-electron chi connectivity index (χ0n) is 13.6. The van der Waals surface area contributed by atoms with Crippen LogP contribution in [0.25, 0.3) is 0 Å². The average molecular weight is 318 g/mol. The molecule has 0 aliphatic rings. The summed E-state index contributed by atoms with van der Waals surface area (Å²) in [5.41, 5.74) is 0.785. The number of nitrogens with one attached hydrogen (secondary N) is 1. The van der Waals surface area contributed by atoms with Gasteiger partial charge in [-0.05, 0) is 56.9 Å². The lowest BCUT2D eigenvalue weighted by Crippen LogP contribution is -2.32. The monoisotopic (exact) mass is 318 g/mol. The van der Waals surface area contributed by atoms with E-state index in [1.54, 1.807) is 24.5 Å². The zero-order valence-corrected chi connectivity index (χ0v) is 13.6. The van der Waals surface area contributed by atoms with E-state index in [0.29, 0.717) is 13.0 Å². The van der Waals surface area contributed by atoms with Crippen molar-refractivity contribution in [3.63, 3.8) is 0 Å². The number of hydrogen-bond donors (Lipinski definition) is 1. The molecule has 4 nitrogen and oxygen atoms in total. The van der Waals surface area contributed by atoms with Gasteiger partial charge in [-0.15, -0.1) is 0 Å². The highest BCUT2D eigenvalue weighted by molar-refractivity contribution is 5.83. The molecule has 1 N–H and O–H groups in total. The molecule has 2 rings (SSSR count). The summed E-state index contributed by atoms with van der Waals surface area (Å²) in [5.74, 6) is -0.0208. The number of benzene rings is 1. The van der Waals surface area contributed by atoms with Crippen molar-refractivity contribution in [2.24, 2.45) is 0 Å². The van der Waals surface area contributed by atoms with E-state index in [-0.39, 0.29) is 17.6 Å². The molecule has 23 heavy (non-hydrogen) atoms. The number of carbonyl (C=O) groups is 1. The predicted molar refractivity (Wildman–Crippen MR) is 87.7 cm³/mol. The minimum absolute atomic E-state index is 0.0632. The maximum Gasteiger partial charge on any atom is 0.228 e. The molecule has 124 valence electrons. The van der Waals surface area contributed by atoms with E-state index < -0.39 is 0 Å². The Kier molecular flexibility index (Phi) is 6.35. The number of furan rings is 1. The quantitative estimate of drug-likeness (QED) is 0.761. The molecule has 1 atom stereocenters. The molecule has 5 heteroatoms. The Labute approximate surface area is 136 Å². The second-order valence-corrected chi connectivity index (χ2v) is 5.84. The second kappa shape index (κ2) is 8.48. The van der Waals surface area contributed by atoms with Crippen LogP contribution in [0.2, 0.25) is 0 Å². The standard InChI is InChI=1S/C18H23FN2O2/c1-21(2)11-4-10-20-18(22)17(13-16-5-3-12-23-16)14-6-8-15(19)9-7-14/h3,5-9,12,17H,4,10-11,13H2,1-2H3,(H,20,22). The summed E-state index contributed by atoms with van der Waals surface area (Å²) in [6.07, 6.45) is 2.93. The maximum atomic E-state index is 13.1. The van der Waals surface area contributed by atoms with Crippen LogP contribution < -0.4 is 5.32 Å². The SMILES string of the molecule is CN(C)CCCNC(=O)C(Cc1ccco1)c1ccc(F)cc1. The molecule has 1 aromatic carbocycles. The van der Waals surface area contributed by atoms with Crippen LogP contribution in [-0.2, 0) is 11.2 Å². The van der Waals surface area contributed by atoms with E-state index in [2.05, 4.69) is 10.2 Å². The zero-order chi connectivity index (χ0) is 16.7. The molecule has 0 saturated carbocycles. The molecule has 0 radical (unpaired) electrons. The first-order chi connectivity index (χ1) is 11.1.